The number of hydrogen-bond acceptors (Lipinski definition) is 4. The Labute approximate surface area is 519 Å². The van der Waals surface area contributed by atoms with E-state index >= 15 is 0 Å². The first kappa shape index (κ1) is 55.0. The van der Waals surface area contributed by atoms with Crippen molar-refractivity contribution in [3.8, 4) is 16.9 Å². The summed E-state index contributed by atoms with van der Waals surface area (Å²) in [6, 6.07) is 82.2. The third kappa shape index (κ3) is 8.59. The molecule has 430 valence electrons. The van der Waals surface area contributed by atoms with Gasteiger partial charge in [-0.1, -0.05) is 224 Å². The molecule has 3 aliphatic rings. The van der Waals surface area contributed by atoms with E-state index in [1.54, 1.807) is 0 Å². The zero-order valence-electron chi connectivity index (χ0n) is 53.0. The van der Waals surface area contributed by atoms with Gasteiger partial charge in [-0.25, -0.2) is 0 Å². The summed E-state index contributed by atoms with van der Waals surface area (Å²) in [5, 5.41) is 3.88. The lowest BCUT2D eigenvalue weighted by Gasteiger charge is -2.42. The number of anilines is 9. The minimum atomic E-state index is -0.237. The van der Waals surface area contributed by atoms with E-state index in [4.69, 9.17) is 0 Å². The number of para-hydroxylation sites is 1. The van der Waals surface area contributed by atoms with Crippen LogP contribution >= 0.6 is 11.3 Å². The summed E-state index contributed by atoms with van der Waals surface area (Å²) in [4.78, 5) is 7.68. The van der Waals surface area contributed by atoms with Crippen molar-refractivity contribution in [2.75, 3.05) is 14.7 Å². The van der Waals surface area contributed by atoms with Crippen molar-refractivity contribution < 1.29 is 0 Å². The minimum absolute atomic E-state index is 0.00603. The number of thiophene rings is 1. The Hall–Kier alpha value is -8.58. The van der Waals surface area contributed by atoms with Crippen LogP contribution in [-0.4, -0.2) is 11.3 Å². The second-order valence-electron chi connectivity index (χ2n) is 29.5. The Bertz CT molecular complexity index is 4630. The zero-order chi connectivity index (χ0) is 60.4. The second-order valence-corrected chi connectivity index (χ2v) is 30.5. The Morgan fingerprint density at radius 2 is 0.851 bits per heavy atom. The molecule has 10 aromatic carbocycles. The summed E-state index contributed by atoms with van der Waals surface area (Å²) in [7, 11) is 0. The van der Waals surface area contributed by atoms with Crippen molar-refractivity contribution in [1.29, 1.82) is 0 Å². The van der Waals surface area contributed by atoms with Gasteiger partial charge in [0.1, 0.15) is 0 Å². The van der Waals surface area contributed by atoms with Gasteiger partial charge in [-0.05, 0) is 156 Å². The quantitative estimate of drug-likeness (QED) is 0.148. The number of hydrogen-bond donors (Lipinski definition) is 0. The standard InChI is InChI=1S/C81H77BN4S/c1-77(2,3)50-29-37-54(38-30-50)83(55-39-31-51(32-40-55)78(4,5)6)58-45-46-65-68(47-58)85(67-27-20-23-61-60-21-16-18-28-71(60)87-76(61)67)69-48-59(84(56-41-33-52(34-42-56)79(7,8)9)57-43-35-53(36-44-57)80(10,11)12)49-70-73(69)82(65)66-26-19-24-63-72-75(86(70)74(63)66)62-22-15-17-25-64(62)81(72,13)14/h15-49H,1-14H3. The van der Waals surface area contributed by atoms with Gasteiger partial charge in [0.05, 0.1) is 21.8 Å². The van der Waals surface area contributed by atoms with Crippen molar-refractivity contribution in [2.24, 2.45) is 0 Å². The fourth-order valence-electron chi connectivity index (χ4n) is 14.7. The van der Waals surface area contributed by atoms with E-state index in [-0.39, 0.29) is 33.8 Å². The van der Waals surface area contributed by atoms with Crippen molar-refractivity contribution in [3.63, 3.8) is 0 Å². The van der Waals surface area contributed by atoms with Gasteiger partial charge in [0.2, 0.25) is 0 Å². The first-order valence-corrected chi connectivity index (χ1v) is 32.1. The van der Waals surface area contributed by atoms with Crippen LogP contribution in [0.15, 0.2) is 212 Å². The van der Waals surface area contributed by atoms with Crippen LogP contribution in [0.2, 0.25) is 0 Å². The molecule has 4 nitrogen and oxygen atoms in total. The molecule has 0 spiro atoms. The van der Waals surface area contributed by atoms with Crippen molar-refractivity contribution >= 4 is 117 Å². The summed E-state index contributed by atoms with van der Waals surface area (Å²) < 4.78 is 5.26. The molecule has 0 saturated carbocycles. The third-order valence-corrected chi connectivity index (χ3v) is 20.6. The number of benzene rings is 10. The number of rotatable bonds is 7. The van der Waals surface area contributed by atoms with E-state index in [1.807, 2.05) is 11.3 Å². The molecule has 0 amide bonds. The van der Waals surface area contributed by atoms with Crippen LogP contribution in [0.5, 0.6) is 0 Å². The van der Waals surface area contributed by atoms with Crippen molar-refractivity contribution in [2.45, 2.75) is 124 Å². The van der Waals surface area contributed by atoms with Crippen LogP contribution < -0.4 is 31.1 Å². The van der Waals surface area contributed by atoms with E-state index in [1.165, 1.54) is 115 Å². The molecule has 0 N–H and O–H groups in total. The Kier molecular flexibility index (Phi) is 12.2. The van der Waals surface area contributed by atoms with Crippen LogP contribution in [0.3, 0.4) is 0 Å². The minimum Gasteiger partial charge on any atom is -0.310 e. The highest BCUT2D eigenvalue weighted by Gasteiger charge is 2.48. The molecule has 1 aliphatic carbocycles. The van der Waals surface area contributed by atoms with Crippen LogP contribution in [0.25, 0.3) is 48.0 Å². The molecule has 87 heavy (non-hydrogen) atoms. The van der Waals surface area contributed by atoms with E-state index in [9.17, 15) is 0 Å². The molecule has 12 aromatic rings. The van der Waals surface area contributed by atoms with Crippen molar-refractivity contribution in [1.82, 2.24) is 4.57 Å². The summed E-state index contributed by atoms with van der Waals surface area (Å²) in [5.41, 5.74) is 27.0. The molecule has 0 saturated heterocycles. The van der Waals surface area contributed by atoms with E-state index in [2.05, 4.69) is 329 Å². The highest BCUT2D eigenvalue weighted by atomic mass is 32.1. The molecule has 15 rings (SSSR count). The fourth-order valence-corrected chi connectivity index (χ4v) is 15.9. The van der Waals surface area contributed by atoms with Crippen molar-refractivity contribution in [3.05, 3.63) is 246 Å². The molecule has 2 aromatic heterocycles. The van der Waals surface area contributed by atoms with E-state index < -0.39 is 0 Å². The molecular formula is C81H77BN4S. The number of aromatic nitrogens is 1. The summed E-state index contributed by atoms with van der Waals surface area (Å²) >= 11 is 1.90. The summed E-state index contributed by atoms with van der Waals surface area (Å²) in [6.07, 6.45) is 0. The van der Waals surface area contributed by atoms with Crippen LogP contribution in [0, 0.1) is 0 Å². The average molecular weight is 1150 g/mol. The lowest BCUT2D eigenvalue weighted by molar-refractivity contribution is 0.590. The van der Waals surface area contributed by atoms with Gasteiger partial charge in [0, 0.05) is 82.9 Å². The van der Waals surface area contributed by atoms with Crippen LogP contribution in [0.1, 0.15) is 130 Å². The maximum Gasteiger partial charge on any atom is 0.252 e. The maximum atomic E-state index is 2.71. The molecule has 0 fully saturated rings. The first-order valence-electron chi connectivity index (χ1n) is 31.3. The van der Waals surface area contributed by atoms with E-state index in [0.29, 0.717) is 0 Å². The van der Waals surface area contributed by atoms with Gasteiger partial charge in [0.15, 0.2) is 0 Å². The zero-order valence-corrected chi connectivity index (χ0v) is 53.8. The second kappa shape index (κ2) is 19.2. The van der Waals surface area contributed by atoms with Gasteiger partial charge >= 0.3 is 0 Å². The van der Waals surface area contributed by atoms with E-state index in [0.717, 1.165) is 34.1 Å². The van der Waals surface area contributed by atoms with Gasteiger partial charge in [0.25, 0.3) is 6.71 Å². The van der Waals surface area contributed by atoms with Gasteiger partial charge in [-0.3, -0.25) is 0 Å². The molecule has 0 unspecified atom stereocenters. The average Bonchev–Trinajstić information content (AvgIpc) is 1.59. The predicted octanol–water partition coefficient (Wildman–Crippen LogP) is 21.0. The smallest absolute Gasteiger partial charge is 0.252 e. The van der Waals surface area contributed by atoms with Gasteiger partial charge in [-0.15, -0.1) is 11.3 Å². The topological polar surface area (TPSA) is 14.7 Å². The third-order valence-electron chi connectivity index (χ3n) is 19.4. The number of fused-ring (bicyclic) bond motifs is 12. The molecule has 4 heterocycles. The highest BCUT2D eigenvalue weighted by Crippen LogP contribution is 2.56. The lowest BCUT2D eigenvalue weighted by Crippen LogP contribution is -2.60. The predicted molar refractivity (Wildman–Crippen MR) is 377 cm³/mol. The first-order chi connectivity index (χ1) is 41.4. The fraction of sp³-hybridized carbons (Fsp3) is 0.235. The highest BCUT2D eigenvalue weighted by molar-refractivity contribution is 7.26. The Balaban J connectivity index is 1.08. The molecule has 0 bridgehead atoms. The molecule has 2 aliphatic heterocycles. The molecular weight excluding hydrogens is 1070 g/mol. The van der Waals surface area contributed by atoms with Gasteiger partial charge in [-0.2, -0.15) is 0 Å². The van der Waals surface area contributed by atoms with Crippen LogP contribution in [-0.2, 0) is 27.1 Å². The van der Waals surface area contributed by atoms with Crippen LogP contribution in [0.4, 0.5) is 51.2 Å². The lowest BCUT2D eigenvalue weighted by atomic mass is 9.33. The number of nitrogens with zero attached hydrogens (tertiary/aromatic N) is 4. The monoisotopic (exact) mass is 1150 g/mol. The summed E-state index contributed by atoms with van der Waals surface area (Å²) in [6.45, 7) is 32.4. The molecule has 0 radical (unpaired) electrons. The normalized spacial score (nSPS) is 14.1. The Morgan fingerprint density at radius 3 is 1.41 bits per heavy atom. The molecule has 6 heteroatoms. The Morgan fingerprint density at radius 1 is 0.391 bits per heavy atom. The molecule has 0 atom stereocenters. The maximum absolute atomic E-state index is 2.71. The summed E-state index contributed by atoms with van der Waals surface area (Å²) in [5.74, 6) is 0. The van der Waals surface area contributed by atoms with Gasteiger partial charge < -0.3 is 19.3 Å². The SMILES string of the molecule is CC(C)(C)c1ccc(N(c2ccc(C(C)(C)C)cc2)c2ccc3c(c2)N(c2cccc4c2sc2ccccc24)c2cc(N(c4ccc(C(C)(C)C)cc4)c4ccc(C(C)(C)C)cc4)cc4c2B3c2cccc3c5c(n-4c23)-c2ccccc2C5(C)C)cc1. The largest absolute Gasteiger partial charge is 0.310 e.